The first-order valence-corrected chi connectivity index (χ1v) is 8.71. The first kappa shape index (κ1) is 17.5. The number of rotatable bonds is 3. The van der Waals surface area contributed by atoms with E-state index in [0.717, 1.165) is 23.5 Å². The van der Waals surface area contributed by atoms with Gasteiger partial charge >= 0.3 is 5.97 Å². The molecule has 1 fully saturated rings. The van der Waals surface area contributed by atoms with Gasteiger partial charge in [-0.25, -0.2) is 13.8 Å². The molecule has 1 aromatic heterocycles. The fraction of sp³-hybridized carbons (Fsp3) is 0.353. The van der Waals surface area contributed by atoms with E-state index in [4.69, 9.17) is 0 Å². The smallest absolute Gasteiger partial charge is 0.308 e. The molecule has 1 aliphatic heterocycles. The van der Waals surface area contributed by atoms with Crippen LogP contribution in [-0.4, -0.2) is 39.5 Å². The lowest BCUT2D eigenvalue weighted by Gasteiger charge is -2.37. The molecule has 1 N–H and O–H groups in total. The van der Waals surface area contributed by atoms with Crippen molar-refractivity contribution in [1.82, 2.24) is 9.88 Å². The first-order chi connectivity index (χ1) is 11.9. The molecule has 132 valence electrons. The summed E-state index contributed by atoms with van der Waals surface area (Å²) in [5.74, 6) is -3.77. The number of aliphatic carboxylic acids is 1. The van der Waals surface area contributed by atoms with Gasteiger partial charge < -0.3 is 10.0 Å². The van der Waals surface area contributed by atoms with E-state index in [2.05, 4.69) is 4.98 Å². The summed E-state index contributed by atoms with van der Waals surface area (Å²) in [6.07, 6.45) is 1.16. The topological polar surface area (TPSA) is 70.5 Å². The number of thiazole rings is 1. The number of hydrogen-bond donors (Lipinski definition) is 1. The molecule has 0 aliphatic carbocycles. The zero-order valence-corrected chi connectivity index (χ0v) is 14.2. The predicted molar refractivity (Wildman–Crippen MR) is 88.3 cm³/mol. The van der Waals surface area contributed by atoms with E-state index in [9.17, 15) is 23.5 Å². The molecule has 0 spiro atoms. The molecule has 1 aliphatic rings. The molecular weight excluding hydrogens is 350 g/mol. The Morgan fingerprint density at radius 3 is 2.76 bits per heavy atom. The maximum Gasteiger partial charge on any atom is 0.308 e. The Hall–Kier alpha value is -2.35. The summed E-state index contributed by atoms with van der Waals surface area (Å²) in [4.78, 5) is 29.7. The Labute approximate surface area is 146 Å². The van der Waals surface area contributed by atoms with Crippen LogP contribution in [0.1, 0.15) is 30.3 Å². The number of aromatic nitrogens is 1. The van der Waals surface area contributed by atoms with Crippen LogP contribution >= 0.6 is 11.3 Å². The van der Waals surface area contributed by atoms with Gasteiger partial charge in [0.15, 0.2) is 11.6 Å². The van der Waals surface area contributed by atoms with Crippen molar-refractivity contribution in [1.29, 1.82) is 0 Å². The Kier molecular flexibility index (Phi) is 4.80. The largest absolute Gasteiger partial charge is 0.481 e. The molecular formula is C17H16F2N2O3S. The van der Waals surface area contributed by atoms with E-state index >= 15 is 0 Å². The van der Waals surface area contributed by atoms with Crippen LogP contribution < -0.4 is 0 Å². The van der Waals surface area contributed by atoms with Crippen molar-refractivity contribution in [2.75, 3.05) is 6.54 Å². The number of carboxylic acids is 1. The van der Waals surface area contributed by atoms with Crippen LogP contribution in [0, 0.1) is 17.6 Å². The van der Waals surface area contributed by atoms with E-state index in [-0.39, 0.29) is 11.6 Å². The van der Waals surface area contributed by atoms with Crippen molar-refractivity contribution >= 4 is 23.2 Å². The van der Waals surface area contributed by atoms with Gasteiger partial charge in [-0.3, -0.25) is 9.59 Å². The summed E-state index contributed by atoms with van der Waals surface area (Å²) in [5.41, 5.74) is 0.570. The number of likely N-dealkylation sites (tertiary alicyclic amines) is 1. The molecule has 2 atom stereocenters. The maximum absolute atomic E-state index is 13.4. The molecule has 0 saturated carbocycles. The van der Waals surface area contributed by atoms with Crippen LogP contribution in [0.2, 0.25) is 0 Å². The number of amides is 1. The number of piperidine rings is 1. The van der Waals surface area contributed by atoms with Crippen LogP contribution in [0.25, 0.3) is 10.6 Å². The molecule has 8 heteroatoms. The lowest BCUT2D eigenvalue weighted by molar-refractivity contribution is -0.144. The summed E-state index contributed by atoms with van der Waals surface area (Å²) in [6, 6.07) is 3.02. The highest BCUT2D eigenvalue weighted by Crippen LogP contribution is 2.28. The monoisotopic (exact) mass is 366 g/mol. The van der Waals surface area contributed by atoms with Crippen molar-refractivity contribution in [3.8, 4) is 10.6 Å². The zero-order chi connectivity index (χ0) is 18.1. The van der Waals surface area contributed by atoms with Gasteiger partial charge in [0.1, 0.15) is 10.7 Å². The highest BCUT2D eigenvalue weighted by atomic mass is 32.1. The highest BCUT2D eigenvalue weighted by Gasteiger charge is 2.36. The Morgan fingerprint density at radius 2 is 2.08 bits per heavy atom. The lowest BCUT2D eigenvalue weighted by Crippen LogP contribution is -2.49. The molecule has 1 saturated heterocycles. The third kappa shape index (κ3) is 3.39. The molecule has 25 heavy (non-hydrogen) atoms. The minimum atomic E-state index is -0.977. The molecule has 0 radical (unpaired) electrons. The molecule has 1 amide bonds. The Balaban J connectivity index is 1.82. The molecule has 2 heterocycles. The summed E-state index contributed by atoms with van der Waals surface area (Å²) >= 11 is 1.15. The summed E-state index contributed by atoms with van der Waals surface area (Å²) in [5, 5.41) is 11.2. The number of nitrogens with zero attached hydrogens (tertiary/aromatic N) is 2. The van der Waals surface area contributed by atoms with Crippen molar-refractivity contribution < 1.29 is 23.5 Å². The molecule has 2 aromatic rings. The number of hydrogen-bond acceptors (Lipinski definition) is 4. The summed E-state index contributed by atoms with van der Waals surface area (Å²) in [7, 11) is 0. The maximum atomic E-state index is 13.4. The van der Waals surface area contributed by atoms with Crippen LogP contribution in [0.15, 0.2) is 23.6 Å². The molecule has 1 aromatic carbocycles. The van der Waals surface area contributed by atoms with Gasteiger partial charge in [0.2, 0.25) is 0 Å². The number of halogens is 2. The fourth-order valence-electron chi connectivity index (χ4n) is 3.04. The third-order valence-corrected chi connectivity index (χ3v) is 5.35. The number of carboxylic acid groups (broad SMARTS) is 1. The normalized spacial score (nSPS) is 20.5. The van der Waals surface area contributed by atoms with E-state index in [1.807, 2.05) is 0 Å². The van der Waals surface area contributed by atoms with Crippen LogP contribution in [0.4, 0.5) is 8.78 Å². The average molecular weight is 366 g/mol. The minimum absolute atomic E-state index is 0.183. The van der Waals surface area contributed by atoms with E-state index in [1.54, 1.807) is 12.3 Å². The van der Waals surface area contributed by atoms with E-state index in [1.165, 1.54) is 11.0 Å². The van der Waals surface area contributed by atoms with Crippen molar-refractivity contribution in [3.63, 3.8) is 0 Å². The molecule has 5 nitrogen and oxygen atoms in total. The number of carbonyl (C=O) groups excluding carboxylic acids is 1. The van der Waals surface area contributed by atoms with Gasteiger partial charge in [-0.15, -0.1) is 11.3 Å². The second-order valence-electron chi connectivity index (χ2n) is 5.99. The van der Waals surface area contributed by atoms with Gasteiger partial charge in [-0.05, 0) is 38.0 Å². The number of carbonyl (C=O) groups is 2. The second-order valence-corrected chi connectivity index (χ2v) is 6.85. The predicted octanol–water partition coefficient (Wildman–Crippen LogP) is 3.41. The van der Waals surface area contributed by atoms with Crippen molar-refractivity contribution in [2.24, 2.45) is 5.92 Å². The Morgan fingerprint density at radius 1 is 1.32 bits per heavy atom. The van der Waals surface area contributed by atoms with Gasteiger partial charge in [0, 0.05) is 23.5 Å². The van der Waals surface area contributed by atoms with Gasteiger partial charge in [-0.2, -0.15) is 0 Å². The first-order valence-electron chi connectivity index (χ1n) is 7.83. The van der Waals surface area contributed by atoms with Crippen LogP contribution in [-0.2, 0) is 4.79 Å². The zero-order valence-electron chi connectivity index (χ0n) is 13.4. The minimum Gasteiger partial charge on any atom is -0.481 e. The summed E-state index contributed by atoms with van der Waals surface area (Å²) < 4.78 is 26.4. The average Bonchev–Trinajstić information content (AvgIpc) is 3.06. The summed E-state index contributed by atoms with van der Waals surface area (Å²) in [6.45, 7) is 2.19. The van der Waals surface area contributed by atoms with E-state index in [0.29, 0.717) is 30.0 Å². The standard InChI is InChI=1S/C17H16F2N2O3S/c1-9-11(17(23)24)3-2-6-21(9)16(22)14-8-25-15(20-14)10-4-5-12(18)13(19)7-10/h4-5,7-9,11H,2-3,6H2,1H3,(H,23,24)/t9-,11-/m1/s1. The van der Waals surface area contributed by atoms with Gasteiger partial charge in [-0.1, -0.05) is 0 Å². The Bertz CT molecular complexity index is 824. The molecule has 0 bridgehead atoms. The molecule has 3 rings (SSSR count). The molecule has 0 unspecified atom stereocenters. The van der Waals surface area contributed by atoms with Crippen LogP contribution in [0.5, 0.6) is 0 Å². The SMILES string of the molecule is C[C@@H]1[C@H](C(=O)O)CCCN1C(=O)c1csc(-c2ccc(F)c(F)c2)n1. The van der Waals surface area contributed by atoms with Crippen molar-refractivity contribution in [2.45, 2.75) is 25.8 Å². The van der Waals surface area contributed by atoms with Gasteiger partial charge in [0.05, 0.1) is 5.92 Å². The fourth-order valence-corrected chi connectivity index (χ4v) is 3.83. The quantitative estimate of drug-likeness (QED) is 0.904. The third-order valence-electron chi connectivity index (χ3n) is 4.46. The number of benzene rings is 1. The second kappa shape index (κ2) is 6.87. The van der Waals surface area contributed by atoms with Crippen LogP contribution in [0.3, 0.4) is 0 Å². The lowest BCUT2D eigenvalue weighted by atomic mass is 9.90. The van der Waals surface area contributed by atoms with E-state index < -0.39 is 29.6 Å². The highest BCUT2D eigenvalue weighted by molar-refractivity contribution is 7.13. The van der Waals surface area contributed by atoms with Crippen molar-refractivity contribution in [3.05, 3.63) is 40.9 Å². The van der Waals surface area contributed by atoms with Gasteiger partial charge in [0.25, 0.3) is 5.91 Å².